The third kappa shape index (κ3) is 4.88. The van der Waals surface area contributed by atoms with Crippen LogP contribution in [0.1, 0.15) is 30.9 Å². The number of rotatable bonds is 6. The summed E-state index contributed by atoms with van der Waals surface area (Å²) in [7, 11) is 0. The number of nitriles is 1. The average molecular weight is 538 g/mol. The molecule has 166 valence electrons. The van der Waals surface area contributed by atoms with Gasteiger partial charge in [-0.05, 0) is 44.2 Å². The van der Waals surface area contributed by atoms with Gasteiger partial charge in [0, 0.05) is 25.6 Å². The molecule has 0 fully saturated rings. The Bertz CT molecular complexity index is 1150. The van der Waals surface area contributed by atoms with Gasteiger partial charge >= 0.3 is 5.97 Å². The summed E-state index contributed by atoms with van der Waals surface area (Å²) in [5, 5.41) is 10.7. The van der Waals surface area contributed by atoms with E-state index in [-0.39, 0.29) is 36.0 Å². The van der Waals surface area contributed by atoms with Crippen molar-refractivity contribution in [2.45, 2.75) is 26.4 Å². The molecule has 0 saturated heterocycles. The number of esters is 1. The summed E-state index contributed by atoms with van der Waals surface area (Å²) in [6, 6.07) is 12.5. The molecule has 32 heavy (non-hydrogen) atoms. The van der Waals surface area contributed by atoms with E-state index < -0.39 is 11.9 Å². The zero-order valence-electron chi connectivity index (χ0n) is 17.2. The molecular formula is C23H19BrCl2N2O4. The van der Waals surface area contributed by atoms with Crippen molar-refractivity contribution in [2.24, 2.45) is 5.73 Å². The number of ether oxygens (including phenoxy) is 3. The molecule has 0 bridgehead atoms. The van der Waals surface area contributed by atoms with Crippen molar-refractivity contribution < 1.29 is 19.0 Å². The smallest absolute Gasteiger partial charge is 0.338 e. The molecular weight excluding hydrogens is 519 g/mol. The molecule has 2 aromatic rings. The lowest BCUT2D eigenvalue weighted by molar-refractivity contribution is -0.139. The van der Waals surface area contributed by atoms with Crippen LogP contribution in [0, 0.1) is 11.3 Å². The number of allylic oxidation sites excluding steroid dienone is 2. The van der Waals surface area contributed by atoms with E-state index in [1.807, 2.05) is 0 Å². The zero-order valence-corrected chi connectivity index (χ0v) is 20.3. The van der Waals surface area contributed by atoms with E-state index in [2.05, 4.69) is 22.0 Å². The summed E-state index contributed by atoms with van der Waals surface area (Å²) in [6.07, 6.45) is 0. The van der Waals surface area contributed by atoms with Gasteiger partial charge in [0.2, 0.25) is 5.88 Å². The van der Waals surface area contributed by atoms with Gasteiger partial charge in [0.25, 0.3) is 0 Å². The minimum Gasteiger partial charge on any atom is -0.488 e. The largest absolute Gasteiger partial charge is 0.488 e. The highest BCUT2D eigenvalue weighted by Crippen LogP contribution is 2.44. The van der Waals surface area contributed by atoms with E-state index in [9.17, 15) is 10.1 Å². The maximum atomic E-state index is 12.8. The summed E-state index contributed by atoms with van der Waals surface area (Å²) < 4.78 is 17.5. The average Bonchev–Trinajstić information content (AvgIpc) is 2.73. The van der Waals surface area contributed by atoms with E-state index in [1.54, 1.807) is 50.2 Å². The van der Waals surface area contributed by atoms with Crippen LogP contribution in [0.25, 0.3) is 0 Å². The molecule has 0 saturated carbocycles. The molecule has 6 nitrogen and oxygen atoms in total. The quantitative estimate of drug-likeness (QED) is 0.455. The van der Waals surface area contributed by atoms with Crippen molar-refractivity contribution in [1.82, 2.24) is 0 Å². The minimum atomic E-state index is -0.845. The second-order valence-electron chi connectivity index (χ2n) is 6.79. The predicted octanol–water partition coefficient (Wildman–Crippen LogP) is 5.98. The second-order valence-corrected chi connectivity index (χ2v) is 8.52. The summed E-state index contributed by atoms with van der Waals surface area (Å²) >= 11 is 16.0. The number of hydrogen-bond acceptors (Lipinski definition) is 6. The lowest BCUT2D eigenvalue weighted by atomic mass is 9.82. The lowest BCUT2D eigenvalue weighted by Gasteiger charge is -2.28. The first-order valence-electron chi connectivity index (χ1n) is 9.59. The first-order chi connectivity index (χ1) is 15.3. The van der Waals surface area contributed by atoms with Crippen LogP contribution < -0.4 is 10.5 Å². The lowest BCUT2D eigenvalue weighted by Crippen LogP contribution is -2.26. The van der Waals surface area contributed by atoms with Gasteiger partial charge in [-0.15, -0.1) is 0 Å². The molecule has 0 radical (unpaired) electrons. The Morgan fingerprint density at radius 2 is 1.97 bits per heavy atom. The Kier molecular flexibility index (Phi) is 7.73. The molecule has 1 aliphatic rings. The standard InChI is InChI=1S/C23H19BrCl2N2O4/c1-3-30-23(29)20-12(2)32-22(28)15(10-27)21(20)14-9-13(24)7-8-19(14)31-11-16-17(25)5-4-6-18(16)26/h4-9,21H,3,11,28H2,1-2H3. The van der Waals surface area contributed by atoms with Gasteiger partial charge in [0.15, 0.2) is 0 Å². The summed E-state index contributed by atoms with van der Waals surface area (Å²) in [6.45, 7) is 3.54. The molecule has 0 spiro atoms. The van der Waals surface area contributed by atoms with Gasteiger partial charge in [-0.3, -0.25) is 0 Å². The number of nitrogens with zero attached hydrogens (tertiary/aromatic N) is 1. The highest BCUT2D eigenvalue weighted by Gasteiger charge is 2.38. The number of carbonyl (C=O) groups is 1. The fraction of sp³-hybridized carbons (Fsp3) is 0.217. The van der Waals surface area contributed by atoms with E-state index in [1.165, 1.54) is 0 Å². The first kappa shape index (κ1) is 24.0. The van der Waals surface area contributed by atoms with Gasteiger partial charge < -0.3 is 19.9 Å². The van der Waals surface area contributed by atoms with Crippen LogP contribution in [0.5, 0.6) is 5.75 Å². The number of halogens is 3. The van der Waals surface area contributed by atoms with Crippen LogP contribution in [0.2, 0.25) is 10.0 Å². The molecule has 2 aromatic carbocycles. The molecule has 3 rings (SSSR count). The maximum absolute atomic E-state index is 12.8. The summed E-state index contributed by atoms with van der Waals surface area (Å²) in [4.78, 5) is 12.8. The third-order valence-corrected chi connectivity index (χ3v) is 6.02. The number of hydrogen-bond donors (Lipinski definition) is 1. The van der Waals surface area contributed by atoms with Gasteiger partial charge in [0.1, 0.15) is 29.8 Å². The second kappa shape index (κ2) is 10.3. The van der Waals surface area contributed by atoms with E-state index in [4.69, 9.17) is 43.1 Å². The Morgan fingerprint density at radius 3 is 2.59 bits per heavy atom. The van der Waals surface area contributed by atoms with Gasteiger partial charge in [-0.1, -0.05) is 45.2 Å². The summed E-state index contributed by atoms with van der Waals surface area (Å²) in [5.74, 6) is -0.850. The SMILES string of the molecule is CCOC(=O)C1=C(C)OC(N)=C(C#N)C1c1cc(Br)ccc1OCc1c(Cl)cccc1Cl. The minimum absolute atomic E-state index is 0.0783. The molecule has 1 heterocycles. The number of carbonyl (C=O) groups excluding carboxylic acids is 1. The predicted molar refractivity (Wildman–Crippen MR) is 125 cm³/mol. The van der Waals surface area contributed by atoms with E-state index >= 15 is 0 Å². The Labute approximate surface area is 204 Å². The maximum Gasteiger partial charge on any atom is 0.338 e. The van der Waals surface area contributed by atoms with Crippen LogP contribution >= 0.6 is 39.1 Å². The van der Waals surface area contributed by atoms with Crippen molar-refractivity contribution in [3.05, 3.63) is 84.8 Å². The van der Waals surface area contributed by atoms with Crippen molar-refractivity contribution in [3.63, 3.8) is 0 Å². The normalized spacial score (nSPS) is 15.8. The van der Waals surface area contributed by atoms with Crippen molar-refractivity contribution >= 4 is 45.1 Å². The van der Waals surface area contributed by atoms with E-state index in [0.29, 0.717) is 26.9 Å². The summed E-state index contributed by atoms with van der Waals surface area (Å²) in [5.41, 5.74) is 7.41. The van der Waals surface area contributed by atoms with Gasteiger partial charge in [-0.2, -0.15) is 5.26 Å². The molecule has 1 unspecified atom stereocenters. The molecule has 0 aliphatic carbocycles. The number of nitrogens with two attached hydrogens (primary N) is 1. The van der Waals surface area contributed by atoms with Crippen molar-refractivity contribution in [2.75, 3.05) is 6.61 Å². The monoisotopic (exact) mass is 536 g/mol. The topological polar surface area (TPSA) is 94.6 Å². The van der Waals surface area contributed by atoms with Crippen LogP contribution in [-0.2, 0) is 20.9 Å². The van der Waals surface area contributed by atoms with Crippen LogP contribution in [0.15, 0.2) is 63.7 Å². The third-order valence-electron chi connectivity index (χ3n) is 4.82. The van der Waals surface area contributed by atoms with Gasteiger partial charge in [-0.25, -0.2) is 4.79 Å². The van der Waals surface area contributed by atoms with Crippen LogP contribution in [0.3, 0.4) is 0 Å². The molecule has 1 atom stereocenters. The Morgan fingerprint density at radius 1 is 1.28 bits per heavy atom. The molecule has 1 aliphatic heterocycles. The molecule has 2 N–H and O–H groups in total. The van der Waals surface area contributed by atoms with Crippen LogP contribution in [0.4, 0.5) is 0 Å². The number of benzene rings is 2. The van der Waals surface area contributed by atoms with Crippen LogP contribution in [-0.4, -0.2) is 12.6 Å². The molecule has 0 aromatic heterocycles. The fourth-order valence-corrected chi connectivity index (χ4v) is 4.25. The van der Waals surface area contributed by atoms with E-state index in [0.717, 1.165) is 4.47 Å². The first-order valence-corrected chi connectivity index (χ1v) is 11.1. The molecule has 9 heteroatoms. The fourth-order valence-electron chi connectivity index (χ4n) is 3.36. The highest BCUT2D eigenvalue weighted by atomic mass is 79.9. The van der Waals surface area contributed by atoms with Gasteiger partial charge in [0.05, 0.1) is 18.1 Å². The zero-order chi connectivity index (χ0) is 23.4. The Hall–Kier alpha value is -2.66. The van der Waals surface area contributed by atoms with Crippen molar-refractivity contribution in [3.8, 4) is 11.8 Å². The molecule has 0 amide bonds. The Balaban J connectivity index is 2.11. The highest BCUT2D eigenvalue weighted by molar-refractivity contribution is 9.10. The van der Waals surface area contributed by atoms with Crippen molar-refractivity contribution in [1.29, 1.82) is 5.26 Å².